The molecule has 2 heterocycles. The van der Waals surface area contributed by atoms with Crippen LogP contribution < -0.4 is 5.73 Å². The SMILES string of the molecule is Nc1c(C(=O)O)cnn1-c1cccnn1. The van der Waals surface area contributed by atoms with Gasteiger partial charge < -0.3 is 10.8 Å². The van der Waals surface area contributed by atoms with E-state index in [4.69, 9.17) is 10.8 Å². The fraction of sp³-hybridized carbons (Fsp3) is 0. The number of anilines is 1. The number of carboxylic acid groups (broad SMARTS) is 1. The van der Waals surface area contributed by atoms with Gasteiger partial charge in [-0.15, -0.1) is 5.10 Å². The molecule has 0 spiro atoms. The number of aromatic nitrogens is 4. The molecule has 0 aliphatic carbocycles. The molecule has 0 radical (unpaired) electrons. The predicted octanol–water partition coefficient (Wildman–Crippen LogP) is -0.0573. The fourth-order valence-corrected chi connectivity index (χ4v) is 1.11. The highest BCUT2D eigenvalue weighted by Crippen LogP contribution is 2.14. The van der Waals surface area contributed by atoms with Crippen LogP contribution in [0.1, 0.15) is 10.4 Å². The fourth-order valence-electron chi connectivity index (χ4n) is 1.11. The van der Waals surface area contributed by atoms with Gasteiger partial charge in [-0.2, -0.15) is 14.9 Å². The zero-order chi connectivity index (χ0) is 10.8. The lowest BCUT2D eigenvalue weighted by molar-refractivity contribution is 0.0698. The molecule has 15 heavy (non-hydrogen) atoms. The number of nitrogens with zero attached hydrogens (tertiary/aromatic N) is 4. The summed E-state index contributed by atoms with van der Waals surface area (Å²) in [4.78, 5) is 10.7. The van der Waals surface area contributed by atoms with Gasteiger partial charge in [-0.05, 0) is 12.1 Å². The summed E-state index contributed by atoms with van der Waals surface area (Å²) in [7, 11) is 0. The van der Waals surface area contributed by atoms with E-state index in [0.29, 0.717) is 5.82 Å². The summed E-state index contributed by atoms with van der Waals surface area (Å²) in [6, 6.07) is 3.28. The molecule has 2 aromatic rings. The van der Waals surface area contributed by atoms with E-state index in [1.54, 1.807) is 12.1 Å². The van der Waals surface area contributed by atoms with Crippen molar-refractivity contribution >= 4 is 11.8 Å². The van der Waals surface area contributed by atoms with Crippen molar-refractivity contribution < 1.29 is 9.90 Å². The number of carboxylic acids is 1. The lowest BCUT2D eigenvalue weighted by Gasteiger charge is -2.00. The Hall–Kier alpha value is -2.44. The minimum Gasteiger partial charge on any atom is -0.477 e. The molecule has 0 aliphatic rings. The summed E-state index contributed by atoms with van der Waals surface area (Å²) in [5.74, 6) is -0.715. The predicted molar refractivity (Wildman–Crippen MR) is 50.5 cm³/mol. The molecule has 0 aliphatic heterocycles. The monoisotopic (exact) mass is 205 g/mol. The molecule has 0 amide bonds. The molecule has 2 rings (SSSR count). The van der Waals surface area contributed by atoms with Crippen LogP contribution in [0.2, 0.25) is 0 Å². The Morgan fingerprint density at radius 1 is 1.53 bits per heavy atom. The number of rotatable bonds is 2. The lowest BCUT2D eigenvalue weighted by atomic mass is 10.3. The average molecular weight is 205 g/mol. The molecular formula is C8H7N5O2. The first-order valence-corrected chi connectivity index (χ1v) is 4.05. The summed E-state index contributed by atoms with van der Waals surface area (Å²) in [5, 5.41) is 20.0. The van der Waals surface area contributed by atoms with Crippen molar-refractivity contribution in [2.45, 2.75) is 0 Å². The van der Waals surface area contributed by atoms with Gasteiger partial charge in [0.2, 0.25) is 0 Å². The maximum Gasteiger partial charge on any atom is 0.341 e. The van der Waals surface area contributed by atoms with Crippen molar-refractivity contribution in [3.8, 4) is 5.82 Å². The second-order valence-electron chi connectivity index (χ2n) is 2.74. The molecule has 0 atom stereocenters. The number of hydrogen-bond acceptors (Lipinski definition) is 5. The molecule has 3 N–H and O–H groups in total. The van der Waals surface area contributed by atoms with Gasteiger partial charge >= 0.3 is 5.97 Å². The molecule has 76 valence electrons. The first kappa shape index (κ1) is 9.13. The highest BCUT2D eigenvalue weighted by molar-refractivity contribution is 5.92. The Morgan fingerprint density at radius 3 is 2.87 bits per heavy atom. The van der Waals surface area contributed by atoms with Gasteiger partial charge in [-0.1, -0.05) is 0 Å². The van der Waals surface area contributed by atoms with Crippen LogP contribution in [0.15, 0.2) is 24.5 Å². The van der Waals surface area contributed by atoms with E-state index in [1.165, 1.54) is 17.1 Å². The number of nitrogens with two attached hydrogens (primary N) is 1. The average Bonchev–Trinajstić information content (AvgIpc) is 2.61. The molecule has 7 nitrogen and oxygen atoms in total. The van der Waals surface area contributed by atoms with Crippen molar-refractivity contribution in [1.82, 2.24) is 20.0 Å². The van der Waals surface area contributed by atoms with E-state index in [-0.39, 0.29) is 11.4 Å². The van der Waals surface area contributed by atoms with Crippen molar-refractivity contribution in [2.24, 2.45) is 0 Å². The zero-order valence-electron chi connectivity index (χ0n) is 7.53. The van der Waals surface area contributed by atoms with Crippen molar-refractivity contribution in [3.63, 3.8) is 0 Å². The highest BCUT2D eigenvalue weighted by Gasteiger charge is 2.15. The van der Waals surface area contributed by atoms with Crippen LogP contribution in [0.5, 0.6) is 0 Å². The molecular weight excluding hydrogens is 198 g/mol. The first-order chi connectivity index (χ1) is 7.20. The number of nitrogen functional groups attached to an aromatic ring is 1. The minimum absolute atomic E-state index is 0.0306. The molecule has 0 aromatic carbocycles. The summed E-state index contributed by atoms with van der Waals surface area (Å²) >= 11 is 0. The van der Waals surface area contributed by atoms with Gasteiger partial charge in [0.1, 0.15) is 11.4 Å². The third kappa shape index (κ3) is 1.50. The third-order valence-electron chi connectivity index (χ3n) is 1.81. The highest BCUT2D eigenvalue weighted by atomic mass is 16.4. The Balaban J connectivity index is 2.52. The second kappa shape index (κ2) is 3.37. The van der Waals surface area contributed by atoms with Gasteiger partial charge in [0, 0.05) is 6.20 Å². The van der Waals surface area contributed by atoms with Crippen molar-refractivity contribution in [3.05, 3.63) is 30.1 Å². The molecule has 0 fully saturated rings. The summed E-state index contributed by atoms with van der Waals surface area (Å²) in [6.07, 6.45) is 2.67. The van der Waals surface area contributed by atoms with Crippen molar-refractivity contribution in [1.29, 1.82) is 0 Å². The maximum atomic E-state index is 10.7. The molecule has 0 saturated heterocycles. The van der Waals surface area contributed by atoms with Crippen molar-refractivity contribution in [2.75, 3.05) is 5.73 Å². The number of carbonyl (C=O) groups is 1. The Morgan fingerprint density at radius 2 is 2.33 bits per heavy atom. The van der Waals surface area contributed by atoms with Crippen LogP contribution in [-0.2, 0) is 0 Å². The smallest absolute Gasteiger partial charge is 0.341 e. The van der Waals surface area contributed by atoms with Crippen LogP contribution in [0.25, 0.3) is 5.82 Å². The molecule has 0 saturated carbocycles. The van der Waals surface area contributed by atoms with Crippen LogP contribution in [0, 0.1) is 0 Å². The molecule has 2 aromatic heterocycles. The second-order valence-corrected chi connectivity index (χ2v) is 2.74. The first-order valence-electron chi connectivity index (χ1n) is 4.05. The maximum absolute atomic E-state index is 10.7. The van der Waals surface area contributed by atoms with E-state index in [9.17, 15) is 4.79 Å². The quantitative estimate of drug-likeness (QED) is 0.711. The normalized spacial score (nSPS) is 10.1. The summed E-state index contributed by atoms with van der Waals surface area (Å²) in [5.41, 5.74) is 5.53. The topological polar surface area (TPSA) is 107 Å². The van der Waals surface area contributed by atoms with E-state index in [1.807, 2.05) is 0 Å². The largest absolute Gasteiger partial charge is 0.477 e. The summed E-state index contributed by atoms with van der Waals surface area (Å²) in [6.45, 7) is 0. The lowest BCUT2D eigenvalue weighted by Crippen LogP contribution is -2.07. The van der Waals surface area contributed by atoms with E-state index in [0.717, 1.165) is 0 Å². The van der Waals surface area contributed by atoms with Gasteiger partial charge in [0.25, 0.3) is 0 Å². The van der Waals surface area contributed by atoms with E-state index in [2.05, 4.69) is 15.3 Å². The van der Waals surface area contributed by atoms with E-state index < -0.39 is 5.97 Å². The third-order valence-corrected chi connectivity index (χ3v) is 1.81. The molecule has 0 bridgehead atoms. The van der Waals surface area contributed by atoms with Crippen LogP contribution >= 0.6 is 0 Å². The standard InChI is InChI=1S/C8H7N5O2/c9-7-5(8(14)15)4-11-13(7)6-2-1-3-10-12-6/h1-4H,9H2,(H,14,15). The Kier molecular flexibility index (Phi) is 2.05. The Bertz CT molecular complexity index is 493. The van der Waals surface area contributed by atoms with Gasteiger partial charge in [-0.25, -0.2) is 4.79 Å². The van der Waals surface area contributed by atoms with Gasteiger partial charge in [0.15, 0.2) is 5.82 Å². The summed E-state index contributed by atoms with van der Waals surface area (Å²) < 4.78 is 1.22. The molecule has 7 heteroatoms. The zero-order valence-corrected chi connectivity index (χ0v) is 7.53. The molecule has 0 unspecified atom stereocenters. The Labute approximate surface area is 84.2 Å². The van der Waals surface area contributed by atoms with E-state index >= 15 is 0 Å². The minimum atomic E-state index is -1.12. The van der Waals surface area contributed by atoms with Gasteiger partial charge in [0.05, 0.1) is 6.20 Å². The number of aromatic carboxylic acids is 1. The van der Waals surface area contributed by atoms with Crippen LogP contribution in [-0.4, -0.2) is 31.1 Å². The van der Waals surface area contributed by atoms with Crippen LogP contribution in [0.4, 0.5) is 5.82 Å². The van der Waals surface area contributed by atoms with Crippen LogP contribution in [0.3, 0.4) is 0 Å². The number of hydrogen-bond donors (Lipinski definition) is 2. The van der Waals surface area contributed by atoms with Gasteiger partial charge in [-0.3, -0.25) is 0 Å².